The van der Waals surface area contributed by atoms with Crippen molar-refractivity contribution < 1.29 is 32.5 Å². The molecular formula is C35H45ClN2O7S. The van der Waals surface area contributed by atoms with E-state index in [0.717, 1.165) is 49.4 Å². The van der Waals surface area contributed by atoms with Crippen molar-refractivity contribution in [2.24, 2.45) is 11.8 Å². The Morgan fingerprint density at radius 2 is 2.02 bits per heavy atom. The number of sulfonamides is 1. The van der Waals surface area contributed by atoms with Crippen LogP contribution in [0.25, 0.3) is 0 Å². The van der Waals surface area contributed by atoms with Crippen molar-refractivity contribution in [1.82, 2.24) is 4.72 Å². The number of nitrogens with zero attached hydrogens (tertiary/aromatic N) is 1. The number of benzene rings is 2. The van der Waals surface area contributed by atoms with Crippen molar-refractivity contribution in [1.29, 1.82) is 0 Å². The predicted octanol–water partition coefficient (Wildman–Crippen LogP) is 5.03. The van der Waals surface area contributed by atoms with E-state index in [1.54, 1.807) is 25.3 Å². The number of rotatable bonds is 5. The third-order valence-corrected chi connectivity index (χ3v) is 12.5. The topological polar surface area (TPSA) is 114 Å². The number of ether oxygens (including phenoxy) is 3. The number of aliphatic hydroxyl groups excluding tert-OH is 1. The molecule has 2 bridgehead atoms. The summed E-state index contributed by atoms with van der Waals surface area (Å²) in [5, 5.41) is 10.2. The van der Waals surface area contributed by atoms with Gasteiger partial charge in [-0.2, -0.15) is 0 Å². The summed E-state index contributed by atoms with van der Waals surface area (Å²) in [4.78, 5) is 15.9. The van der Waals surface area contributed by atoms with Gasteiger partial charge in [0.2, 0.25) is 10.0 Å². The molecule has 1 saturated carbocycles. The lowest BCUT2D eigenvalue weighted by molar-refractivity contribution is 0.0131. The molecule has 6 atom stereocenters. The number of carbonyl (C=O) groups is 1. The zero-order chi connectivity index (χ0) is 32.5. The molecule has 1 spiro atoms. The number of hydrogen-bond donors (Lipinski definition) is 2. The molecule has 1 amide bonds. The minimum atomic E-state index is -4.13. The molecule has 250 valence electrons. The number of fused-ring (bicyclic) bond motifs is 4. The highest BCUT2D eigenvalue weighted by Gasteiger charge is 2.44. The van der Waals surface area contributed by atoms with Crippen LogP contribution < -0.4 is 14.4 Å². The van der Waals surface area contributed by atoms with E-state index in [4.69, 9.17) is 25.8 Å². The summed E-state index contributed by atoms with van der Waals surface area (Å²) in [6.45, 7) is 1.97. The van der Waals surface area contributed by atoms with Crippen molar-refractivity contribution in [2.75, 3.05) is 45.4 Å². The molecule has 0 aromatic heterocycles. The Balaban J connectivity index is 1.39. The van der Waals surface area contributed by atoms with Crippen molar-refractivity contribution >= 4 is 33.2 Å². The lowest BCUT2D eigenvalue weighted by Gasteiger charge is -2.46. The highest BCUT2D eigenvalue weighted by molar-refractivity contribution is 7.90. The first-order valence-corrected chi connectivity index (χ1v) is 18.3. The Morgan fingerprint density at radius 1 is 1.17 bits per heavy atom. The summed E-state index contributed by atoms with van der Waals surface area (Å²) in [6, 6.07) is 11.4. The summed E-state index contributed by atoms with van der Waals surface area (Å²) in [7, 11) is -0.943. The molecule has 2 N–H and O–H groups in total. The Hall–Kier alpha value is -2.63. The van der Waals surface area contributed by atoms with E-state index in [9.17, 15) is 18.3 Å². The van der Waals surface area contributed by atoms with Crippen LogP contribution in [0.2, 0.25) is 5.02 Å². The van der Waals surface area contributed by atoms with Crippen LogP contribution in [0.1, 0.15) is 66.4 Å². The highest BCUT2D eigenvalue weighted by atomic mass is 35.5. The third kappa shape index (κ3) is 6.83. The van der Waals surface area contributed by atoms with Gasteiger partial charge in [-0.25, -0.2) is 13.1 Å². The maximum absolute atomic E-state index is 13.6. The van der Waals surface area contributed by atoms with Crippen molar-refractivity contribution in [2.45, 2.75) is 74.2 Å². The van der Waals surface area contributed by atoms with Crippen molar-refractivity contribution in [3.63, 3.8) is 0 Å². The summed E-state index contributed by atoms with van der Waals surface area (Å²) >= 11 is 6.42. The molecule has 4 aliphatic rings. The summed E-state index contributed by atoms with van der Waals surface area (Å²) in [6.07, 6.45) is 8.67. The quantitative estimate of drug-likeness (QED) is 0.426. The summed E-state index contributed by atoms with van der Waals surface area (Å²) < 4.78 is 47.1. The zero-order valence-electron chi connectivity index (χ0n) is 26.6. The predicted molar refractivity (Wildman–Crippen MR) is 178 cm³/mol. The molecule has 11 heteroatoms. The van der Waals surface area contributed by atoms with Crippen LogP contribution in [0, 0.1) is 11.8 Å². The van der Waals surface area contributed by atoms with Gasteiger partial charge in [0.05, 0.1) is 36.4 Å². The van der Waals surface area contributed by atoms with Crippen molar-refractivity contribution in [3.8, 4) is 5.75 Å². The average molecular weight is 673 g/mol. The fourth-order valence-corrected chi connectivity index (χ4v) is 9.60. The largest absolute Gasteiger partial charge is 0.490 e. The third-order valence-electron chi connectivity index (χ3n) is 10.5. The molecule has 6 rings (SSSR count). The first kappa shape index (κ1) is 33.3. The molecule has 0 radical (unpaired) electrons. The molecule has 1 fully saturated rings. The van der Waals surface area contributed by atoms with Gasteiger partial charge in [-0.3, -0.25) is 4.79 Å². The lowest BCUT2D eigenvalue weighted by Crippen LogP contribution is -2.49. The fourth-order valence-electron chi connectivity index (χ4n) is 7.94. The van der Waals surface area contributed by atoms with Gasteiger partial charge in [-0.1, -0.05) is 29.8 Å². The van der Waals surface area contributed by atoms with Gasteiger partial charge in [0.1, 0.15) is 5.75 Å². The molecule has 2 aromatic carbocycles. The number of aryl methyl sites for hydroxylation is 1. The van der Waals surface area contributed by atoms with Crippen LogP contribution >= 0.6 is 11.6 Å². The van der Waals surface area contributed by atoms with E-state index in [-0.39, 0.29) is 36.5 Å². The second kappa shape index (κ2) is 13.8. The number of aliphatic hydroxyl groups is 1. The smallest absolute Gasteiger partial charge is 0.264 e. The number of anilines is 1. The summed E-state index contributed by atoms with van der Waals surface area (Å²) in [5.41, 5.74) is 3.28. The minimum Gasteiger partial charge on any atom is -0.490 e. The maximum atomic E-state index is 13.6. The standard InChI is InChI=1S/C35H45ClN2O7S/c1-43-20-27(39)18-28-7-3-4-8-32(44-2)29-12-9-25(29)19-38-21-35(15-5-6-23-16-26(36)11-13-30(23)35)22-45-33-14-10-24(17-31(33)38)34(40)37-46(28,41)42/h4,8,10-11,13-14,16-17,25,27-29,32,39H,3,5-7,9,12,15,18-22H2,1-2H3,(H,37,40)/b8-4+/t25?,27-,28+,29?,32+,35+/m1/s1. The van der Waals surface area contributed by atoms with Gasteiger partial charge in [0, 0.05) is 43.3 Å². The van der Waals surface area contributed by atoms with Crippen LogP contribution in [0.5, 0.6) is 5.75 Å². The van der Waals surface area contributed by atoms with E-state index in [1.165, 1.54) is 18.2 Å². The second-order valence-corrected chi connectivity index (χ2v) is 15.8. The molecule has 2 aromatic rings. The lowest BCUT2D eigenvalue weighted by atomic mass is 9.68. The number of nitrogens with one attached hydrogen (secondary N) is 1. The highest BCUT2D eigenvalue weighted by Crippen LogP contribution is 2.47. The van der Waals surface area contributed by atoms with E-state index >= 15 is 0 Å². The number of hydrogen-bond acceptors (Lipinski definition) is 8. The van der Waals surface area contributed by atoms with Crippen molar-refractivity contribution in [3.05, 3.63) is 70.3 Å². The molecule has 2 aliphatic carbocycles. The van der Waals surface area contributed by atoms with Gasteiger partial charge in [0.15, 0.2) is 0 Å². The molecule has 9 nitrogen and oxygen atoms in total. The number of halogens is 1. The van der Waals surface area contributed by atoms with Gasteiger partial charge < -0.3 is 24.2 Å². The number of methoxy groups -OCH3 is 2. The van der Waals surface area contributed by atoms with Gasteiger partial charge in [0.25, 0.3) is 5.91 Å². The van der Waals surface area contributed by atoms with Gasteiger partial charge in [-0.15, -0.1) is 0 Å². The van der Waals surface area contributed by atoms with Crippen LogP contribution in [0.15, 0.2) is 48.6 Å². The van der Waals surface area contributed by atoms with Crippen LogP contribution in [0.4, 0.5) is 5.69 Å². The van der Waals surface area contributed by atoms with E-state index in [0.29, 0.717) is 37.2 Å². The second-order valence-electron chi connectivity index (χ2n) is 13.4. The fraction of sp³-hybridized carbons (Fsp3) is 0.571. The number of amides is 1. The minimum absolute atomic E-state index is 0.00425. The number of carbonyl (C=O) groups excluding carboxylic acids is 1. The molecule has 2 heterocycles. The SMILES string of the molecule is COC[C@H](O)C[C@@H]1CC/C=C/[C@H](OC)C2CCC2CN2C[C@@]3(CCCc4cc(Cl)ccc43)COc3ccc(cc32)C(=O)NS1(=O)=O. The normalized spacial score (nSPS) is 30.5. The molecule has 46 heavy (non-hydrogen) atoms. The molecule has 2 unspecified atom stereocenters. The first-order chi connectivity index (χ1) is 22.1. The van der Waals surface area contributed by atoms with E-state index < -0.39 is 27.3 Å². The Morgan fingerprint density at radius 3 is 2.78 bits per heavy atom. The monoisotopic (exact) mass is 672 g/mol. The van der Waals surface area contributed by atoms with E-state index in [2.05, 4.69) is 27.8 Å². The van der Waals surface area contributed by atoms with Gasteiger partial charge in [-0.05, 0) is 105 Å². The Labute approximate surface area is 277 Å². The molecule has 0 saturated heterocycles. The Bertz CT molecular complexity index is 1570. The van der Waals surface area contributed by atoms with E-state index in [1.807, 2.05) is 12.1 Å². The van der Waals surface area contributed by atoms with Crippen LogP contribution in [0.3, 0.4) is 0 Å². The van der Waals surface area contributed by atoms with Gasteiger partial charge >= 0.3 is 0 Å². The van der Waals surface area contributed by atoms with Crippen LogP contribution in [-0.4, -0.2) is 77.4 Å². The first-order valence-electron chi connectivity index (χ1n) is 16.4. The molecule has 2 aliphatic heterocycles. The number of allylic oxidation sites excluding steroid dienone is 1. The average Bonchev–Trinajstić information content (AvgIpc) is 3.16. The maximum Gasteiger partial charge on any atom is 0.264 e. The van der Waals surface area contributed by atoms with Crippen LogP contribution in [-0.2, 0) is 31.3 Å². The summed E-state index contributed by atoms with van der Waals surface area (Å²) in [5.74, 6) is 0.658. The molecular weight excluding hydrogens is 628 g/mol. The zero-order valence-corrected chi connectivity index (χ0v) is 28.2. The Kier molecular flexibility index (Phi) is 10.0.